The first-order chi connectivity index (χ1) is 18.8. The zero-order valence-corrected chi connectivity index (χ0v) is 27.5. The summed E-state index contributed by atoms with van der Waals surface area (Å²) in [5.74, 6) is -0.0838. The molecule has 1 unspecified atom stereocenters. The molecule has 39 heavy (non-hydrogen) atoms. The number of rotatable bonds is 29. The molecule has 1 atom stereocenters. The highest BCUT2D eigenvalue weighted by atomic mass is 16.7. The predicted molar refractivity (Wildman–Crippen MR) is 168 cm³/mol. The van der Waals surface area contributed by atoms with Crippen LogP contribution in [-0.2, 0) is 19.0 Å². The van der Waals surface area contributed by atoms with Crippen molar-refractivity contribution in [2.75, 3.05) is 13.2 Å². The molecule has 0 saturated carbocycles. The van der Waals surface area contributed by atoms with Gasteiger partial charge in [-0.1, -0.05) is 124 Å². The molecule has 0 radical (unpaired) electrons. The third kappa shape index (κ3) is 26.1. The van der Waals surface area contributed by atoms with E-state index in [-0.39, 0.29) is 18.4 Å². The van der Waals surface area contributed by atoms with Gasteiger partial charge in [0.25, 0.3) is 0 Å². The summed E-state index contributed by atoms with van der Waals surface area (Å²) in [6.45, 7) is 14.1. The molecule has 234 valence electrons. The summed E-state index contributed by atoms with van der Waals surface area (Å²) in [7, 11) is 0. The smallest absolute Gasteiger partial charge is 0.311 e. The van der Waals surface area contributed by atoms with Crippen LogP contribution in [0, 0.1) is 5.41 Å². The Morgan fingerprint density at radius 2 is 0.923 bits per heavy atom. The van der Waals surface area contributed by atoms with Gasteiger partial charge in [-0.05, 0) is 65.7 Å². The zero-order valence-electron chi connectivity index (χ0n) is 27.5. The first-order valence-corrected chi connectivity index (χ1v) is 17.3. The molecule has 0 aromatic rings. The van der Waals surface area contributed by atoms with E-state index >= 15 is 0 Å². The van der Waals surface area contributed by atoms with Crippen molar-refractivity contribution in [2.24, 2.45) is 5.41 Å². The van der Waals surface area contributed by atoms with Gasteiger partial charge in [0.15, 0.2) is 6.29 Å². The number of carbonyl (C=O) groups excluding carboxylic acids is 1. The van der Waals surface area contributed by atoms with Crippen molar-refractivity contribution < 1.29 is 19.0 Å². The number of hydrogen-bond acceptors (Lipinski definition) is 4. The van der Waals surface area contributed by atoms with Crippen molar-refractivity contribution in [3.8, 4) is 0 Å². The fourth-order valence-electron chi connectivity index (χ4n) is 4.83. The lowest BCUT2D eigenvalue weighted by molar-refractivity contribution is -0.159. The minimum absolute atomic E-state index is 0.0461. The summed E-state index contributed by atoms with van der Waals surface area (Å²) in [6.07, 6.45) is 28.7. The molecule has 0 saturated heterocycles. The Kier molecular flexibility index (Phi) is 27.1. The summed E-state index contributed by atoms with van der Waals surface area (Å²) in [6, 6.07) is 0. The fourth-order valence-corrected chi connectivity index (χ4v) is 4.83. The average Bonchev–Trinajstić information content (AvgIpc) is 2.91. The van der Waals surface area contributed by atoms with Gasteiger partial charge in [-0.25, -0.2) is 0 Å². The van der Waals surface area contributed by atoms with Crippen molar-refractivity contribution >= 4 is 5.97 Å². The maximum Gasteiger partial charge on any atom is 0.311 e. The van der Waals surface area contributed by atoms with Crippen LogP contribution in [0.15, 0.2) is 0 Å². The quantitative estimate of drug-likeness (QED) is 0.0524. The fraction of sp³-hybridized carbons (Fsp3) is 0.971. The Bertz CT molecular complexity index is 491. The van der Waals surface area contributed by atoms with Crippen molar-refractivity contribution in [3.63, 3.8) is 0 Å². The van der Waals surface area contributed by atoms with E-state index < -0.39 is 5.41 Å². The Hall–Kier alpha value is -0.610. The van der Waals surface area contributed by atoms with E-state index in [1.54, 1.807) is 0 Å². The van der Waals surface area contributed by atoms with Crippen molar-refractivity contribution in [1.29, 1.82) is 0 Å². The molecule has 0 aromatic heterocycles. The number of hydrogen-bond donors (Lipinski definition) is 0. The third-order valence-electron chi connectivity index (χ3n) is 7.66. The monoisotopic (exact) mass is 555 g/mol. The molecule has 0 fully saturated rings. The highest BCUT2D eigenvalue weighted by molar-refractivity contribution is 5.75. The maximum absolute atomic E-state index is 12.2. The second-order valence-electron chi connectivity index (χ2n) is 12.8. The van der Waals surface area contributed by atoms with Crippen LogP contribution in [0.1, 0.15) is 189 Å². The molecule has 0 rings (SSSR count). The van der Waals surface area contributed by atoms with E-state index in [0.717, 1.165) is 58.2 Å². The van der Waals surface area contributed by atoms with Crippen LogP contribution in [0.4, 0.5) is 0 Å². The predicted octanol–water partition coefficient (Wildman–Crippen LogP) is 11.3. The van der Waals surface area contributed by atoms with Crippen LogP contribution in [0.25, 0.3) is 0 Å². The first-order valence-electron chi connectivity index (χ1n) is 17.3. The Balaban J connectivity index is 4.16. The largest absolute Gasteiger partial charge is 0.462 e. The minimum atomic E-state index is -0.425. The lowest BCUT2D eigenvalue weighted by atomic mass is 9.97. The highest BCUT2D eigenvalue weighted by Crippen LogP contribution is 2.20. The van der Waals surface area contributed by atoms with Gasteiger partial charge in [0.2, 0.25) is 0 Å². The Labute approximate surface area is 245 Å². The van der Waals surface area contributed by atoms with Crippen LogP contribution < -0.4 is 0 Å². The Morgan fingerprint density at radius 1 is 0.538 bits per heavy atom. The van der Waals surface area contributed by atoms with E-state index in [4.69, 9.17) is 14.2 Å². The van der Waals surface area contributed by atoms with Crippen molar-refractivity contribution in [3.05, 3.63) is 0 Å². The third-order valence-corrected chi connectivity index (χ3v) is 7.66. The molecular weight excluding hydrogens is 484 g/mol. The molecule has 0 bridgehead atoms. The van der Waals surface area contributed by atoms with Gasteiger partial charge < -0.3 is 14.2 Å². The van der Waals surface area contributed by atoms with Crippen molar-refractivity contribution in [2.45, 2.75) is 202 Å². The standard InChI is InChI=1S/C35H70O4/c1-7-10-12-14-16-18-22-26-30-37-33(38-31-27-23-19-17-15-13-11-8-2)29-25-21-20-24-28-32(9-3)39-34(36)35(4,5)6/h32-33H,7-31H2,1-6H3. The van der Waals surface area contributed by atoms with Gasteiger partial charge in [0.1, 0.15) is 6.10 Å². The van der Waals surface area contributed by atoms with Crippen molar-refractivity contribution in [1.82, 2.24) is 0 Å². The molecule has 4 heteroatoms. The molecule has 0 aliphatic carbocycles. The summed E-state index contributed by atoms with van der Waals surface area (Å²) < 4.78 is 18.2. The van der Waals surface area contributed by atoms with Crippen LogP contribution in [0.2, 0.25) is 0 Å². The van der Waals surface area contributed by atoms with E-state index in [9.17, 15) is 4.79 Å². The number of carbonyl (C=O) groups is 1. The van der Waals surface area contributed by atoms with Gasteiger partial charge in [0.05, 0.1) is 5.41 Å². The molecule has 0 N–H and O–H groups in total. The maximum atomic E-state index is 12.2. The number of esters is 1. The second kappa shape index (κ2) is 27.6. The number of unbranched alkanes of at least 4 members (excludes halogenated alkanes) is 17. The normalized spacial score (nSPS) is 12.8. The van der Waals surface area contributed by atoms with Crippen LogP contribution in [0.3, 0.4) is 0 Å². The van der Waals surface area contributed by atoms with Gasteiger partial charge in [-0.3, -0.25) is 4.79 Å². The van der Waals surface area contributed by atoms with Crippen LogP contribution in [-0.4, -0.2) is 31.6 Å². The van der Waals surface area contributed by atoms with E-state index in [2.05, 4.69) is 20.8 Å². The van der Waals surface area contributed by atoms with Gasteiger partial charge in [-0.2, -0.15) is 0 Å². The van der Waals surface area contributed by atoms with E-state index in [1.165, 1.54) is 103 Å². The molecule has 0 amide bonds. The molecule has 0 spiro atoms. The molecule has 0 aliphatic rings. The van der Waals surface area contributed by atoms with Gasteiger partial charge in [0, 0.05) is 13.2 Å². The molecule has 0 aliphatic heterocycles. The minimum Gasteiger partial charge on any atom is -0.462 e. The summed E-state index contributed by atoms with van der Waals surface area (Å²) in [5.41, 5.74) is -0.425. The Morgan fingerprint density at radius 3 is 1.33 bits per heavy atom. The molecule has 0 aromatic carbocycles. The highest BCUT2D eigenvalue weighted by Gasteiger charge is 2.25. The summed E-state index contributed by atoms with van der Waals surface area (Å²) in [5, 5.41) is 0. The first kappa shape index (κ1) is 38.4. The van der Waals surface area contributed by atoms with E-state index in [0.29, 0.717) is 0 Å². The van der Waals surface area contributed by atoms with Crippen LogP contribution >= 0.6 is 0 Å². The van der Waals surface area contributed by atoms with Gasteiger partial charge >= 0.3 is 5.97 Å². The zero-order chi connectivity index (χ0) is 29.0. The topological polar surface area (TPSA) is 44.8 Å². The summed E-state index contributed by atoms with van der Waals surface area (Å²) >= 11 is 0. The van der Waals surface area contributed by atoms with Gasteiger partial charge in [-0.15, -0.1) is 0 Å². The van der Waals surface area contributed by atoms with Crippen LogP contribution in [0.5, 0.6) is 0 Å². The molecule has 0 heterocycles. The second-order valence-corrected chi connectivity index (χ2v) is 12.8. The summed E-state index contributed by atoms with van der Waals surface area (Å²) in [4.78, 5) is 12.2. The SMILES string of the molecule is CCCCCCCCCCOC(CCCCCCC(CC)OC(=O)C(C)(C)C)OCCCCCCCCCC. The van der Waals surface area contributed by atoms with E-state index in [1.807, 2.05) is 20.8 Å². The lowest BCUT2D eigenvalue weighted by Crippen LogP contribution is -2.28. The molecular formula is C35H70O4. The molecule has 4 nitrogen and oxygen atoms in total. The average molecular weight is 555 g/mol. The lowest BCUT2D eigenvalue weighted by Gasteiger charge is -2.22. The number of ether oxygens (including phenoxy) is 3.